The van der Waals surface area contributed by atoms with Gasteiger partial charge >= 0.3 is 0 Å². The summed E-state index contributed by atoms with van der Waals surface area (Å²) in [5, 5.41) is 6.38. The summed E-state index contributed by atoms with van der Waals surface area (Å²) in [5.41, 5.74) is 7.29. The van der Waals surface area contributed by atoms with Crippen LogP contribution in [0.25, 0.3) is 11.4 Å². The van der Waals surface area contributed by atoms with Crippen LogP contribution in [0.3, 0.4) is 0 Å². The van der Waals surface area contributed by atoms with E-state index in [-0.39, 0.29) is 0 Å². The van der Waals surface area contributed by atoms with Crippen LogP contribution in [-0.4, -0.2) is 22.2 Å². The van der Waals surface area contributed by atoms with Crippen LogP contribution in [-0.2, 0) is 6.42 Å². The molecule has 20 heavy (non-hydrogen) atoms. The summed E-state index contributed by atoms with van der Waals surface area (Å²) in [6.45, 7) is 0. The lowest BCUT2D eigenvalue weighted by Gasteiger charge is -1.98. The molecule has 2 heterocycles. The highest BCUT2D eigenvalue weighted by Crippen LogP contribution is 2.21. The molecular weight excluding hydrogens is 276 g/mol. The summed E-state index contributed by atoms with van der Waals surface area (Å²) in [7, 11) is 1.63. The summed E-state index contributed by atoms with van der Waals surface area (Å²) >= 11 is 1.39. The molecule has 0 spiro atoms. The summed E-state index contributed by atoms with van der Waals surface area (Å²) < 4.78 is 10.3. The topological polar surface area (TPSA) is 87.1 Å². The average molecular weight is 288 g/mol. The van der Waals surface area contributed by atoms with Gasteiger partial charge in [0, 0.05) is 10.9 Å². The number of hydrogen-bond acceptors (Lipinski definition) is 7. The van der Waals surface area contributed by atoms with E-state index in [0.29, 0.717) is 23.3 Å². The predicted octanol–water partition coefficient (Wildman–Crippen LogP) is 2.37. The maximum Gasteiger partial charge on any atom is 0.233 e. The van der Waals surface area contributed by atoms with Crippen molar-refractivity contribution in [2.45, 2.75) is 6.42 Å². The number of nitrogens with two attached hydrogens (primary N) is 1. The van der Waals surface area contributed by atoms with Crippen LogP contribution < -0.4 is 10.5 Å². The quantitative estimate of drug-likeness (QED) is 0.793. The van der Waals surface area contributed by atoms with Crippen molar-refractivity contribution in [2.75, 3.05) is 12.8 Å². The number of thiazole rings is 1. The highest BCUT2D eigenvalue weighted by molar-refractivity contribution is 7.13. The molecule has 0 saturated heterocycles. The SMILES string of the molecule is COc1ccc(-c2noc(Cc3csc(N)n3)n2)cc1. The Morgan fingerprint density at radius 2 is 2.05 bits per heavy atom. The second-order valence-electron chi connectivity index (χ2n) is 4.09. The molecule has 0 saturated carbocycles. The Balaban J connectivity index is 1.78. The maximum atomic E-state index is 5.58. The molecule has 0 atom stereocenters. The number of nitrogen functional groups attached to an aromatic ring is 1. The normalized spacial score (nSPS) is 10.7. The minimum Gasteiger partial charge on any atom is -0.497 e. The molecule has 0 bridgehead atoms. The Morgan fingerprint density at radius 1 is 1.25 bits per heavy atom. The zero-order valence-electron chi connectivity index (χ0n) is 10.7. The third-order valence-corrected chi connectivity index (χ3v) is 3.44. The third kappa shape index (κ3) is 2.62. The minimum absolute atomic E-state index is 0.483. The van der Waals surface area contributed by atoms with Crippen LogP contribution in [0.15, 0.2) is 34.2 Å². The first-order chi connectivity index (χ1) is 9.74. The molecule has 1 aromatic carbocycles. The van der Waals surface area contributed by atoms with E-state index in [1.54, 1.807) is 7.11 Å². The van der Waals surface area contributed by atoms with Gasteiger partial charge in [0.1, 0.15) is 5.75 Å². The summed E-state index contributed by atoms with van der Waals surface area (Å²) in [6.07, 6.45) is 0.483. The van der Waals surface area contributed by atoms with Crippen LogP contribution in [0.5, 0.6) is 5.75 Å². The van der Waals surface area contributed by atoms with E-state index in [9.17, 15) is 0 Å². The van der Waals surface area contributed by atoms with Crippen molar-refractivity contribution in [1.29, 1.82) is 0 Å². The maximum absolute atomic E-state index is 5.58. The number of hydrogen-bond donors (Lipinski definition) is 1. The van der Waals surface area contributed by atoms with E-state index in [1.165, 1.54) is 11.3 Å². The standard InChI is InChI=1S/C13H12N4O2S/c1-18-10-4-2-8(3-5-10)12-16-11(19-17-12)6-9-7-20-13(14)15-9/h2-5,7H,6H2,1H3,(H2,14,15). The molecule has 0 radical (unpaired) electrons. The Hall–Kier alpha value is -2.41. The van der Waals surface area contributed by atoms with Crippen LogP contribution in [0.1, 0.15) is 11.6 Å². The lowest BCUT2D eigenvalue weighted by atomic mass is 10.2. The van der Waals surface area contributed by atoms with Crippen LogP contribution in [0.4, 0.5) is 5.13 Å². The zero-order chi connectivity index (χ0) is 13.9. The molecule has 0 unspecified atom stereocenters. The van der Waals surface area contributed by atoms with E-state index in [4.69, 9.17) is 15.0 Å². The van der Waals surface area contributed by atoms with Crippen molar-refractivity contribution in [3.05, 3.63) is 41.2 Å². The van der Waals surface area contributed by atoms with E-state index >= 15 is 0 Å². The Morgan fingerprint density at radius 3 is 2.70 bits per heavy atom. The van der Waals surface area contributed by atoms with E-state index < -0.39 is 0 Å². The fraction of sp³-hybridized carbons (Fsp3) is 0.154. The second kappa shape index (κ2) is 5.30. The molecule has 2 N–H and O–H groups in total. The lowest BCUT2D eigenvalue weighted by Crippen LogP contribution is -1.90. The third-order valence-electron chi connectivity index (χ3n) is 2.72. The molecule has 102 valence electrons. The number of nitrogens with zero attached hydrogens (tertiary/aromatic N) is 3. The largest absolute Gasteiger partial charge is 0.497 e. The van der Waals surface area contributed by atoms with Crippen molar-refractivity contribution >= 4 is 16.5 Å². The Labute approximate surface area is 119 Å². The molecule has 3 aromatic rings. The van der Waals surface area contributed by atoms with E-state index in [0.717, 1.165) is 17.0 Å². The van der Waals surface area contributed by atoms with Gasteiger partial charge in [0.05, 0.1) is 19.2 Å². The van der Waals surface area contributed by atoms with Gasteiger partial charge in [-0.25, -0.2) is 4.98 Å². The molecule has 7 heteroatoms. The molecule has 0 aliphatic rings. The summed E-state index contributed by atoms with van der Waals surface area (Å²) in [6, 6.07) is 7.47. The minimum atomic E-state index is 0.483. The van der Waals surface area contributed by atoms with Crippen molar-refractivity contribution < 1.29 is 9.26 Å². The van der Waals surface area contributed by atoms with Crippen LogP contribution in [0, 0.1) is 0 Å². The molecule has 6 nitrogen and oxygen atoms in total. The Kier molecular flexibility index (Phi) is 3.34. The van der Waals surface area contributed by atoms with Crippen molar-refractivity contribution in [3.8, 4) is 17.1 Å². The summed E-state index contributed by atoms with van der Waals surface area (Å²) in [4.78, 5) is 8.51. The van der Waals surface area contributed by atoms with Gasteiger partial charge in [0.15, 0.2) is 5.13 Å². The molecule has 2 aromatic heterocycles. The average Bonchev–Trinajstić information content (AvgIpc) is 3.09. The van der Waals surface area contributed by atoms with Crippen molar-refractivity contribution in [2.24, 2.45) is 0 Å². The number of aromatic nitrogens is 3. The first-order valence-corrected chi connectivity index (χ1v) is 6.79. The van der Waals surface area contributed by atoms with Gasteiger partial charge in [-0.1, -0.05) is 5.16 Å². The Bertz CT molecular complexity index is 705. The molecule has 0 aliphatic carbocycles. The van der Waals surface area contributed by atoms with Gasteiger partial charge in [-0.15, -0.1) is 11.3 Å². The van der Waals surface area contributed by atoms with Crippen molar-refractivity contribution in [1.82, 2.24) is 15.1 Å². The molecular formula is C13H12N4O2S. The first-order valence-electron chi connectivity index (χ1n) is 5.91. The fourth-order valence-corrected chi connectivity index (χ4v) is 2.31. The van der Waals surface area contributed by atoms with Crippen LogP contribution in [0.2, 0.25) is 0 Å². The van der Waals surface area contributed by atoms with E-state index in [1.807, 2.05) is 29.6 Å². The molecule has 0 amide bonds. The number of benzene rings is 1. The zero-order valence-corrected chi connectivity index (χ0v) is 11.6. The fourth-order valence-electron chi connectivity index (χ4n) is 1.74. The second-order valence-corrected chi connectivity index (χ2v) is 4.98. The van der Waals surface area contributed by atoms with Gasteiger partial charge in [0.25, 0.3) is 0 Å². The number of ether oxygens (including phenoxy) is 1. The van der Waals surface area contributed by atoms with Crippen LogP contribution >= 0.6 is 11.3 Å². The molecule has 0 fully saturated rings. The van der Waals surface area contributed by atoms with E-state index in [2.05, 4.69) is 15.1 Å². The monoisotopic (exact) mass is 288 g/mol. The van der Waals surface area contributed by atoms with Gasteiger partial charge in [-0.05, 0) is 24.3 Å². The predicted molar refractivity (Wildman–Crippen MR) is 75.6 cm³/mol. The number of anilines is 1. The van der Waals surface area contributed by atoms with Gasteiger partial charge in [-0.2, -0.15) is 4.98 Å². The summed E-state index contributed by atoms with van der Waals surface area (Å²) in [5.74, 6) is 1.85. The first kappa shape index (κ1) is 12.6. The lowest BCUT2D eigenvalue weighted by molar-refractivity contribution is 0.385. The van der Waals surface area contributed by atoms with Crippen molar-refractivity contribution in [3.63, 3.8) is 0 Å². The number of rotatable bonds is 4. The highest BCUT2D eigenvalue weighted by atomic mass is 32.1. The van der Waals surface area contributed by atoms with Gasteiger partial charge < -0.3 is 15.0 Å². The smallest absolute Gasteiger partial charge is 0.233 e. The van der Waals surface area contributed by atoms with Gasteiger partial charge in [-0.3, -0.25) is 0 Å². The number of methoxy groups -OCH3 is 1. The molecule has 3 rings (SSSR count). The molecule has 0 aliphatic heterocycles. The van der Waals surface area contributed by atoms with Gasteiger partial charge in [0.2, 0.25) is 11.7 Å². The highest BCUT2D eigenvalue weighted by Gasteiger charge is 2.10.